The molecule has 2 N–H and O–H groups in total. The van der Waals surface area contributed by atoms with Gasteiger partial charge in [0, 0.05) is 11.0 Å². The molecular weight excluding hydrogens is 350 g/mol. The Morgan fingerprint density at radius 2 is 1.61 bits per heavy atom. The number of rotatable bonds is 7. The van der Waals surface area contributed by atoms with Gasteiger partial charge >= 0.3 is 11.9 Å². The third-order valence-corrected chi connectivity index (χ3v) is 7.53. The zero-order chi connectivity index (χ0) is 22.3. The van der Waals surface area contributed by atoms with Crippen LogP contribution < -0.4 is 5.73 Å². The number of ether oxygens (including phenoxy) is 1. The average Bonchev–Trinajstić information content (AvgIpc) is 2.80. The summed E-state index contributed by atoms with van der Waals surface area (Å²) in [6.45, 7) is 25.9. The Balaban J connectivity index is 3.39. The second-order valence-electron chi connectivity index (χ2n) is 12.0. The molecule has 1 fully saturated rings. The van der Waals surface area contributed by atoms with Gasteiger partial charge in [0.15, 0.2) is 0 Å². The zero-order valence-electron chi connectivity index (χ0n) is 19.9. The molecule has 0 bridgehead atoms. The summed E-state index contributed by atoms with van der Waals surface area (Å²) < 4.78 is 4.92. The predicted octanol–water partition coefficient (Wildman–Crippen LogP) is 5.50. The van der Waals surface area contributed by atoms with E-state index in [4.69, 9.17) is 10.5 Å². The van der Waals surface area contributed by atoms with Crippen molar-refractivity contribution in [1.29, 1.82) is 0 Å². The van der Waals surface area contributed by atoms with Crippen molar-refractivity contribution in [1.82, 2.24) is 0 Å². The second-order valence-corrected chi connectivity index (χ2v) is 12.0. The van der Waals surface area contributed by atoms with Gasteiger partial charge in [-0.3, -0.25) is 9.59 Å². The molecule has 162 valence electrons. The van der Waals surface area contributed by atoms with Crippen LogP contribution in [0.1, 0.15) is 88.5 Å². The minimum absolute atomic E-state index is 0.0934. The minimum Gasteiger partial charge on any atom is -0.393 e. The van der Waals surface area contributed by atoms with Crippen molar-refractivity contribution in [2.45, 2.75) is 94.0 Å². The molecule has 1 heterocycles. The highest BCUT2D eigenvalue weighted by Gasteiger charge is 2.58. The number of allylic oxidation sites excluding steroid dienone is 1. The molecule has 1 aliphatic heterocycles. The molecule has 4 heteroatoms. The highest BCUT2D eigenvalue weighted by molar-refractivity contribution is 5.95. The topological polar surface area (TPSA) is 69.4 Å². The number of hydrogen-bond acceptors (Lipinski definition) is 4. The van der Waals surface area contributed by atoms with E-state index in [1.54, 1.807) is 0 Å². The zero-order valence-corrected chi connectivity index (χ0v) is 19.9. The summed E-state index contributed by atoms with van der Waals surface area (Å²) in [4.78, 5) is 24.4. The van der Waals surface area contributed by atoms with Gasteiger partial charge in [0.25, 0.3) is 0 Å². The summed E-state index contributed by atoms with van der Waals surface area (Å²) in [7, 11) is 0. The molecule has 0 aromatic rings. The van der Waals surface area contributed by atoms with Crippen molar-refractivity contribution in [3.8, 4) is 0 Å². The second kappa shape index (κ2) is 7.59. The summed E-state index contributed by atoms with van der Waals surface area (Å²) in [5.41, 5.74) is 5.52. The van der Waals surface area contributed by atoms with Gasteiger partial charge in [0.2, 0.25) is 0 Å². The summed E-state index contributed by atoms with van der Waals surface area (Å²) in [5, 5.41) is 0. The van der Waals surface area contributed by atoms with Gasteiger partial charge in [-0.25, -0.2) is 0 Å². The first-order chi connectivity index (χ1) is 12.3. The Bertz CT molecular complexity index is 619. The lowest BCUT2D eigenvalue weighted by Gasteiger charge is -2.55. The lowest BCUT2D eigenvalue weighted by molar-refractivity contribution is -0.155. The molecule has 4 unspecified atom stereocenters. The fourth-order valence-corrected chi connectivity index (χ4v) is 4.87. The monoisotopic (exact) mass is 393 g/mol. The molecule has 0 aromatic carbocycles. The molecule has 4 nitrogen and oxygen atoms in total. The van der Waals surface area contributed by atoms with Crippen molar-refractivity contribution in [2.24, 2.45) is 39.2 Å². The number of nitrogens with two attached hydrogens (primary N) is 1. The number of hydrogen-bond donors (Lipinski definition) is 1. The molecule has 1 rings (SSSR count). The van der Waals surface area contributed by atoms with E-state index in [1.165, 1.54) is 0 Å². The van der Waals surface area contributed by atoms with Crippen LogP contribution in [-0.4, -0.2) is 17.5 Å². The van der Waals surface area contributed by atoms with E-state index < -0.39 is 28.8 Å². The Morgan fingerprint density at radius 3 is 1.93 bits per heavy atom. The van der Waals surface area contributed by atoms with E-state index in [9.17, 15) is 9.59 Å². The maximum atomic E-state index is 12.6. The Labute approximate surface area is 172 Å². The number of cyclic esters (lactones) is 2. The van der Waals surface area contributed by atoms with E-state index in [-0.39, 0.29) is 22.7 Å². The van der Waals surface area contributed by atoms with E-state index in [2.05, 4.69) is 75.8 Å². The molecule has 0 saturated carbocycles. The lowest BCUT2D eigenvalue weighted by Crippen LogP contribution is -2.59. The van der Waals surface area contributed by atoms with Crippen LogP contribution in [-0.2, 0) is 14.3 Å². The minimum atomic E-state index is -0.640. The highest BCUT2D eigenvalue weighted by atomic mass is 16.6. The first-order valence-electron chi connectivity index (χ1n) is 10.5. The molecule has 28 heavy (non-hydrogen) atoms. The van der Waals surface area contributed by atoms with Crippen LogP contribution in [0.25, 0.3) is 0 Å². The van der Waals surface area contributed by atoms with Gasteiger partial charge in [-0.05, 0) is 41.9 Å². The van der Waals surface area contributed by atoms with Crippen LogP contribution in [0.5, 0.6) is 0 Å². The molecule has 0 aliphatic carbocycles. The summed E-state index contributed by atoms with van der Waals surface area (Å²) in [5.74, 6) is -1.07. The van der Waals surface area contributed by atoms with Crippen LogP contribution in [0.15, 0.2) is 12.7 Å². The standard InChI is InChI=1S/C24H43NO3/c1-12-24(21(6,7)8,17-13-18(26)28-19(17)27)15-23(11,25)22(9,10)16(2)14-20(3,4)5/h12,16-17H,1,13-15,25H2,2-11H3. The van der Waals surface area contributed by atoms with Crippen molar-refractivity contribution >= 4 is 11.9 Å². The Hall–Kier alpha value is -1.16. The fourth-order valence-electron chi connectivity index (χ4n) is 4.87. The smallest absolute Gasteiger partial charge is 0.318 e. The van der Waals surface area contributed by atoms with Gasteiger partial charge in [-0.15, -0.1) is 6.58 Å². The van der Waals surface area contributed by atoms with Crippen molar-refractivity contribution in [3.05, 3.63) is 12.7 Å². The molecule has 0 spiro atoms. The van der Waals surface area contributed by atoms with Crippen molar-refractivity contribution in [2.75, 3.05) is 0 Å². The number of esters is 2. The van der Waals surface area contributed by atoms with E-state index >= 15 is 0 Å². The van der Waals surface area contributed by atoms with E-state index in [0.29, 0.717) is 12.3 Å². The van der Waals surface area contributed by atoms with Crippen LogP contribution in [0, 0.1) is 33.5 Å². The normalized spacial score (nSPS) is 24.3. The van der Waals surface area contributed by atoms with E-state index in [1.807, 2.05) is 6.08 Å². The molecule has 0 radical (unpaired) electrons. The summed E-state index contributed by atoms with van der Waals surface area (Å²) in [6, 6.07) is 0. The third kappa shape index (κ3) is 4.69. The van der Waals surface area contributed by atoms with Gasteiger partial charge in [0.05, 0.1) is 12.3 Å². The molecule has 1 saturated heterocycles. The van der Waals surface area contributed by atoms with E-state index in [0.717, 1.165) is 6.42 Å². The molecular formula is C24H43NO3. The largest absolute Gasteiger partial charge is 0.393 e. The van der Waals surface area contributed by atoms with Gasteiger partial charge in [0.1, 0.15) is 0 Å². The molecule has 0 amide bonds. The molecule has 0 aromatic heterocycles. The predicted molar refractivity (Wildman–Crippen MR) is 116 cm³/mol. The van der Waals surface area contributed by atoms with Crippen LogP contribution in [0.4, 0.5) is 0 Å². The van der Waals surface area contributed by atoms with Crippen LogP contribution in [0.3, 0.4) is 0 Å². The number of carbonyl (C=O) groups excluding carboxylic acids is 2. The molecule has 4 atom stereocenters. The fraction of sp³-hybridized carbons (Fsp3) is 0.833. The van der Waals surface area contributed by atoms with Gasteiger partial charge in [-0.1, -0.05) is 68.4 Å². The number of carbonyl (C=O) groups is 2. The van der Waals surface area contributed by atoms with Crippen molar-refractivity contribution < 1.29 is 14.3 Å². The van der Waals surface area contributed by atoms with Crippen molar-refractivity contribution in [3.63, 3.8) is 0 Å². The maximum Gasteiger partial charge on any atom is 0.318 e. The summed E-state index contributed by atoms with van der Waals surface area (Å²) >= 11 is 0. The third-order valence-electron chi connectivity index (χ3n) is 7.53. The molecule has 1 aliphatic rings. The van der Waals surface area contributed by atoms with Crippen LogP contribution in [0.2, 0.25) is 0 Å². The Kier molecular flexibility index (Phi) is 6.74. The highest BCUT2D eigenvalue weighted by Crippen LogP contribution is 2.57. The summed E-state index contributed by atoms with van der Waals surface area (Å²) in [6.07, 6.45) is 3.55. The average molecular weight is 394 g/mol. The maximum absolute atomic E-state index is 12.6. The van der Waals surface area contributed by atoms with Gasteiger partial charge in [-0.2, -0.15) is 0 Å². The SMILES string of the molecule is C=CC(CC(C)(N)C(C)(C)C(C)CC(C)(C)C)(C1CC(=O)OC1=O)C(C)(C)C. The van der Waals surface area contributed by atoms with Crippen LogP contribution >= 0.6 is 0 Å². The van der Waals surface area contributed by atoms with Gasteiger partial charge < -0.3 is 10.5 Å². The lowest BCUT2D eigenvalue weighted by atomic mass is 9.50. The first-order valence-corrected chi connectivity index (χ1v) is 10.5. The quantitative estimate of drug-likeness (QED) is 0.352. The Morgan fingerprint density at radius 1 is 1.11 bits per heavy atom. The first kappa shape index (κ1) is 24.9.